The molecule has 0 aliphatic rings. The largest absolute Gasteiger partial charge is 0.488 e. The molecule has 0 saturated heterocycles. The van der Waals surface area contributed by atoms with E-state index in [1.165, 1.54) is 0 Å². The van der Waals surface area contributed by atoms with Crippen LogP contribution in [0.4, 0.5) is 0 Å². The highest BCUT2D eigenvalue weighted by atomic mass is 79.9. The van der Waals surface area contributed by atoms with Crippen LogP contribution < -0.4 is 4.74 Å². The van der Waals surface area contributed by atoms with E-state index in [0.717, 1.165) is 15.8 Å². The Kier molecular flexibility index (Phi) is 3.41. The summed E-state index contributed by atoms with van der Waals surface area (Å²) >= 11 is 3.41. The van der Waals surface area contributed by atoms with Gasteiger partial charge in [-0.1, -0.05) is 36.4 Å². The number of benzene rings is 2. The Balaban J connectivity index is 2.03. The molecule has 15 heavy (non-hydrogen) atoms. The Morgan fingerprint density at radius 1 is 1.13 bits per heavy atom. The molecule has 0 heterocycles. The molecule has 2 aromatic carbocycles. The number of hydrogen-bond acceptors (Lipinski definition) is 1. The molecule has 2 rings (SSSR count). The monoisotopic (exact) mass is 261 g/mol. The molecule has 75 valence electrons. The van der Waals surface area contributed by atoms with Crippen LogP contribution in [0.1, 0.15) is 5.56 Å². The van der Waals surface area contributed by atoms with Crippen LogP contribution in [-0.4, -0.2) is 0 Å². The minimum atomic E-state index is 0.587. The molecule has 2 heteroatoms. The van der Waals surface area contributed by atoms with Crippen molar-refractivity contribution < 1.29 is 4.74 Å². The maximum atomic E-state index is 5.66. The first-order valence-electron chi connectivity index (χ1n) is 4.68. The molecule has 0 N–H and O–H groups in total. The van der Waals surface area contributed by atoms with Crippen LogP contribution in [0.2, 0.25) is 0 Å². The Bertz CT molecular complexity index is 426. The number of ether oxygens (including phenoxy) is 1. The maximum absolute atomic E-state index is 5.66. The van der Waals surface area contributed by atoms with Gasteiger partial charge in [0, 0.05) is 0 Å². The van der Waals surface area contributed by atoms with Gasteiger partial charge in [-0.2, -0.15) is 0 Å². The Labute approximate surface area is 97.8 Å². The summed E-state index contributed by atoms with van der Waals surface area (Å²) in [7, 11) is 0. The van der Waals surface area contributed by atoms with Crippen molar-refractivity contribution in [3.8, 4) is 5.75 Å². The van der Waals surface area contributed by atoms with Gasteiger partial charge < -0.3 is 4.74 Å². The van der Waals surface area contributed by atoms with E-state index < -0.39 is 0 Å². The summed E-state index contributed by atoms with van der Waals surface area (Å²) in [5.74, 6) is 0.845. The van der Waals surface area contributed by atoms with E-state index in [1.807, 2.05) is 48.5 Å². The molecule has 0 aliphatic heterocycles. The van der Waals surface area contributed by atoms with Crippen molar-refractivity contribution >= 4 is 15.9 Å². The zero-order chi connectivity index (χ0) is 10.5. The molecule has 0 fully saturated rings. The van der Waals surface area contributed by atoms with Gasteiger partial charge in [-0.25, -0.2) is 0 Å². The molecular formula is C13H10BrO. The molecule has 0 amide bonds. The standard InChI is InChI=1S/C13H10BrO/c14-12-8-4-5-9-13(12)15-10-11-6-2-1-3-7-11/h1-3,5-9H,10H2. The molecule has 0 saturated carbocycles. The van der Waals surface area contributed by atoms with Crippen molar-refractivity contribution in [2.45, 2.75) is 6.61 Å². The normalized spacial score (nSPS) is 9.93. The molecule has 0 bridgehead atoms. The molecule has 1 radical (unpaired) electrons. The average Bonchev–Trinajstić information content (AvgIpc) is 2.29. The quantitative estimate of drug-likeness (QED) is 0.816. The first-order valence-corrected chi connectivity index (χ1v) is 5.48. The number of hydrogen-bond donors (Lipinski definition) is 0. The lowest BCUT2D eigenvalue weighted by Gasteiger charge is -2.07. The van der Waals surface area contributed by atoms with Gasteiger partial charge in [0.15, 0.2) is 0 Å². The smallest absolute Gasteiger partial charge is 0.134 e. The van der Waals surface area contributed by atoms with E-state index >= 15 is 0 Å². The molecule has 0 aromatic heterocycles. The summed E-state index contributed by atoms with van der Waals surface area (Å²) < 4.78 is 6.59. The average molecular weight is 262 g/mol. The van der Waals surface area contributed by atoms with Crippen molar-refractivity contribution in [2.75, 3.05) is 0 Å². The van der Waals surface area contributed by atoms with Gasteiger partial charge in [0.2, 0.25) is 0 Å². The summed E-state index contributed by atoms with van der Waals surface area (Å²) in [4.78, 5) is 0. The summed E-state index contributed by atoms with van der Waals surface area (Å²) in [6, 6.07) is 18.7. The van der Waals surface area contributed by atoms with Crippen molar-refractivity contribution in [2.24, 2.45) is 0 Å². The first-order chi connectivity index (χ1) is 7.36. The lowest BCUT2D eigenvalue weighted by molar-refractivity contribution is 0.304. The third-order valence-electron chi connectivity index (χ3n) is 2.01. The van der Waals surface area contributed by atoms with Gasteiger partial charge in [-0.3, -0.25) is 0 Å². The summed E-state index contributed by atoms with van der Waals surface area (Å²) in [5, 5.41) is 0. The van der Waals surface area contributed by atoms with Crippen molar-refractivity contribution in [1.82, 2.24) is 0 Å². The lowest BCUT2D eigenvalue weighted by atomic mass is 10.2. The van der Waals surface area contributed by atoms with E-state index in [1.54, 1.807) is 0 Å². The van der Waals surface area contributed by atoms with Gasteiger partial charge in [-0.05, 0) is 39.7 Å². The Morgan fingerprint density at radius 2 is 1.93 bits per heavy atom. The van der Waals surface area contributed by atoms with Crippen LogP contribution in [0.3, 0.4) is 0 Å². The van der Waals surface area contributed by atoms with E-state index in [2.05, 4.69) is 22.0 Å². The maximum Gasteiger partial charge on any atom is 0.134 e. The predicted molar refractivity (Wildman–Crippen MR) is 63.8 cm³/mol. The zero-order valence-corrected chi connectivity index (χ0v) is 9.70. The molecule has 0 atom stereocenters. The Morgan fingerprint density at radius 3 is 2.67 bits per heavy atom. The molecular weight excluding hydrogens is 252 g/mol. The SMILES string of the molecule is Brc1c[c]ccc1OCc1ccccc1. The number of rotatable bonds is 3. The highest BCUT2D eigenvalue weighted by molar-refractivity contribution is 9.10. The van der Waals surface area contributed by atoms with Crippen molar-refractivity contribution in [3.05, 3.63) is 64.6 Å². The molecule has 0 spiro atoms. The third-order valence-corrected chi connectivity index (χ3v) is 2.63. The summed E-state index contributed by atoms with van der Waals surface area (Å²) in [6.07, 6.45) is 0. The molecule has 2 aromatic rings. The minimum absolute atomic E-state index is 0.587. The van der Waals surface area contributed by atoms with Gasteiger partial charge in [0.1, 0.15) is 12.4 Å². The van der Waals surface area contributed by atoms with E-state index in [4.69, 9.17) is 4.74 Å². The van der Waals surface area contributed by atoms with Crippen LogP contribution in [0.5, 0.6) is 5.75 Å². The fourth-order valence-corrected chi connectivity index (χ4v) is 1.63. The molecule has 0 unspecified atom stereocenters. The second-order valence-electron chi connectivity index (χ2n) is 3.13. The van der Waals surface area contributed by atoms with E-state index in [9.17, 15) is 0 Å². The highest BCUT2D eigenvalue weighted by Crippen LogP contribution is 2.24. The fourth-order valence-electron chi connectivity index (χ4n) is 1.25. The van der Waals surface area contributed by atoms with Crippen LogP contribution in [0.25, 0.3) is 0 Å². The lowest BCUT2D eigenvalue weighted by Crippen LogP contribution is -1.95. The molecule has 0 aliphatic carbocycles. The summed E-state index contributed by atoms with van der Waals surface area (Å²) in [6.45, 7) is 0.587. The van der Waals surface area contributed by atoms with Crippen molar-refractivity contribution in [3.63, 3.8) is 0 Å². The minimum Gasteiger partial charge on any atom is -0.488 e. The van der Waals surface area contributed by atoms with Crippen molar-refractivity contribution in [1.29, 1.82) is 0 Å². The van der Waals surface area contributed by atoms with Crippen LogP contribution in [0.15, 0.2) is 53.0 Å². The topological polar surface area (TPSA) is 9.23 Å². The predicted octanol–water partition coefficient (Wildman–Crippen LogP) is 3.83. The second kappa shape index (κ2) is 4.99. The van der Waals surface area contributed by atoms with Gasteiger partial charge in [-0.15, -0.1) is 0 Å². The molecule has 1 nitrogen and oxygen atoms in total. The van der Waals surface area contributed by atoms with Gasteiger partial charge >= 0.3 is 0 Å². The van der Waals surface area contributed by atoms with E-state index in [0.29, 0.717) is 6.61 Å². The van der Waals surface area contributed by atoms with Crippen LogP contribution >= 0.6 is 15.9 Å². The fraction of sp³-hybridized carbons (Fsp3) is 0.0769. The van der Waals surface area contributed by atoms with Gasteiger partial charge in [0.05, 0.1) is 4.47 Å². The summed E-state index contributed by atoms with van der Waals surface area (Å²) in [5.41, 5.74) is 1.16. The first kappa shape index (κ1) is 10.2. The van der Waals surface area contributed by atoms with E-state index in [-0.39, 0.29) is 0 Å². The third kappa shape index (κ3) is 2.83. The number of halogens is 1. The highest BCUT2D eigenvalue weighted by Gasteiger charge is 1.99. The van der Waals surface area contributed by atoms with Gasteiger partial charge in [0.25, 0.3) is 0 Å². The van der Waals surface area contributed by atoms with Crippen LogP contribution in [0, 0.1) is 6.07 Å². The zero-order valence-electron chi connectivity index (χ0n) is 8.11. The van der Waals surface area contributed by atoms with Crippen LogP contribution in [-0.2, 0) is 6.61 Å². The second-order valence-corrected chi connectivity index (χ2v) is 3.99. The Hall–Kier alpha value is -1.28.